The van der Waals surface area contributed by atoms with Gasteiger partial charge in [-0.3, -0.25) is 4.57 Å². The van der Waals surface area contributed by atoms with E-state index in [0.717, 1.165) is 11.3 Å². The van der Waals surface area contributed by atoms with Gasteiger partial charge >= 0.3 is 5.69 Å². The number of hydrogen-bond donors (Lipinski definition) is 2. The molecule has 0 radical (unpaired) electrons. The molecule has 0 atom stereocenters. The monoisotopic (exact) mass is 189 g/mol. The molecule has 2 rings (SSSR count). The van der Waals surface area contributed by atoms with Crippen molar-refractivity contribution in [3.63, 3.8) is 0 Å². The Morgan fingerprint density at radius 1 is 1.43 bits per heavy atom. The number of para-hydroxylation sites is 1. The third kappa shape index (κ3) is 1.21. The average Bonchev–Trinajstić information content (AvgIpc) is 2.52. The van der Waals surface area contributed by atoms with Gasteiger partial charge in [0.2, 0.25) is 0 Å². The van der Waals surface area contributed by atoms with Crippen molar-refractivity contribution >= 4 is 5.69 Å². The highest BCUT2D eigenvalue weighted by atomic mass is 16.1. The van der Waals surface area contributed by atoms with E-state index >= 15 is 0 Å². The zero-order chi connectivity index (χ0) is 10.1. The van der Waals surface area contributed by atoms with Crippen molar-refractivity contribution in [1.82, 2.24) is 9.55 Å². The van der Waals surface area contributed by atoms with Crippen molar-refractivity contribution in [1.29, 1.82) is 0 Å². The maximum Gasteiger partial charge on any atom is 0.330 e. The van der Waals surface area contributed by atoms with E-state index in [9.17, 15) is 4.79 Å². The van der Waals surface area contributed by atoms with Crippen molar-refractivity contribution in [2.24, 2.45) is 0 Å². The zero-order valence-corrected chi connectivity index (χ0v) is 7.82. The summed E-state index contributed by atoms with van der Waals surface area (Å²) in [4.78, 5) is 13.9. The Labute approximate surface area is 81.0 Å². The molecule has 0 aliphatic heterocycles. The minimum absolute atomic E-state index is 0.175. The number of nitrogens with one attached hydrogen (secondary N) is 1. The van der Waals surface area contributed by atoms with E-state index in [-0.39, 0.29) is 5.69 Å². The molecule has 0 unspecified atom stereocenters. The molecule has 1 heterocycles. The van der Waals surface area contributed by atoms with Crippen LogP contribution < -0.4 is 11.4 Å². The first-order valence-electron chi connectivity index (χ1n) is 4.31. The molecule has 0 aliphatic rings. The van der Waals surface area contributed by atoms with E-state index in [4.69, 9.17) is 5.73 Å². The molecule has 0 saturated heterocycles. The number of nitrogens with zero attached hydrogens (tertiary/aromatic N) is 1. The smallest absolute Gasteiger partial charge is 0.330 e. The molecule has 0 bridgehead atoms. The number of imidazole rings is 1. The van der Waals surface area contributed by atoms with Gasteiger partial charge in [0.25, 0.3) is 0 Å². The predicted octanol–water partition coefficient (Wildman–Crippen LogP) is 1.06. The van der Waals surface area contributed by atoms with Gasteiger partial charge in [-0.2, -0.15) is 0 Å². The highest BCUT2D eigenvalue weighted by Crippen LogP contribution is 2.19. The van der Waals surface area contributed by atoms with Crippen molar-refractivity contribution < 1.29 is 0 Å². The van der Waals surface area contributed by atoms with Crippen LogP contribution in [0.5, 0.6) is 0 Å². The van der Waals surface area contributed by atoms with Crippen LogP contribution in [0, 0.1) is 6.92 Å². The molecule has 0 aliphatic carbocycles. The number of hydrogen-bond acceptors (Lipinski definition) is 2. The topological polar surface area (TPSA) is 63.8 Å². The summed E-state index contributed by atoms with van der Waals surface area (Å²) in [5.74, 6) is 0. The van der Waals surface area contributed by atoms with E-state index in [1.807, 2.05) is 19.1 Å². The number of H-pyrrole nitrogens is 1. The molecular weight excluding hydrogens is 178 g/mol. The Morgan fingerprint density at radius 3 is 2.79 bits per heavy atom. The van der Waals surface area contributed by atoms with Gasteiger partial charge in [0, 0.05) is 12.4 Å². The van der Waals surface area contributed by atoms with E-state index in [1.165, 1.54) is 4.57 Å². The maximum atomic E-state index is 11.4. The molecule has 1 aromatic heterocycles. The summed E-state index contributed by atoms with van der Waals surface area (Å²) in [6.07, 6.45) is 3.26. The Kier molecular flexibility index (Phi) is 1.89. The Morgan fingerprint density at radius 2 is 2.21 bits per heavy atom. The summed E-state index contributed by atoms with van der Waals surface area (Å²) >= 11 is 0. The lowest BCUT2D eigenvalue weighted by Gasteiger charge is -2.08. The predicted molar refractivity (Wildman–Crippen MR) is 55.5 cm³/mol. The first-order chi connectivity index (χ1) is 6.70. The Hall–Kier alpha value is -1.97. The summed E-state index contributed by atoms with van der Waals surface area (Å²) in [7, 11) is 0. The molecule has 0 amide bonds. The van der Waals surface area contributed by atoms with Gasteiger partial charge in [0.05, 0.1) is 11.4 Å². The average molecular weight is 189 g/mol. The quantitative estimate of drug-likeness (QED) is 0.659. The van der Waals surface area contributed by atoms with E-state index in [0.29, 0.717) is 5.69 Å². The normalized spacial score (nSPS) is 10.4. The van der Waals surface area contributed by atoms with E-state index in [1.54, 1.807) is 18.5 Å². The lowest BCUT2D eigenvalue weighted by molar-refractivity contribution is 0.978. The van der Waals surface area contributed by atoms with Crippen molar-refractivity contribution in [2.45, 2.75) is 6.92 Å². The fourth-order valence-corrected chi connectivity index (χ4v) is 1.51. The molecule has 0 saturated carbocycles. The standard InChI is InChI=1S/C10H11N3O/c1-7-3-2-4-8(11)9(7)13-6-5-12-10(13)14/h2-6H,11H2,1H3,(H,12,14). The SMILES string of the molecule is Cc1cccc(N)c1-n1cc[nH]c1=O. The van der Waals surface area contributed by atoms with Gasteiger partial charge in [-0.1, -0.05) is 12.1 Å². The third-order valence-electron chi connectivity index (χ3n) is 2.16. The fourth-order valence-electron chi connectivity index (χ4n) is 1.51. The van der Waals surface area contributed by atoms with Crippen LogP contribution in [0.4, 0.5) is 5.69 Å². The summed E-state index contributed by atoms with van der Waals surface area (Å²) in [6, 6.07) is 5.57. The Balaban J connectivity index is 2.74. The van der Waals surface area contributed by atoms with E-state index < -0.39 is 0 Å². The lowest BCUT2D eigenvalue weighted by atomic mass is 10.1. The van der Waals surface area contributed by atoms with Crippen LogP contribution in [-0.4, -0.2) is 9.55 Å². The molecule has 14 heavy (non-hydrogen) atoms. The van der Waals surface area contributed by atoms with Crippen LogP contribution in [0.15, 0.2) is 35.4 Å². The molecule has 2 aromatic rings. The molecule has 72 valence electrons. The molecule has 0 spiro atoms. The summed E-state index contributed by atoms with van der Waals surface area (Å²) < 4.78 is 1.50. The number of nitrogens with two attached hydrogens (primary N) is 1. The van der Waals surface area contributed by atoms with Gasteiger partial charge in [-0.15, -0.1) is 0 Å². The van der Waals surface area contributed by atoms with Gasteiger partial charge < -0.3 is 10.7 Å². The lowest BCUT2D eigenvalue weighted by Crippen LogP contribution is -2.16. The first-order valence-corrected chi connectivity index (χ1v) is 4.31. The minimum Gasteiger partial charge on any atom is -0.397 e. The highest BCUT2D eigenvalue weighted by Gasteiger charge is 2.06. The number of aryl methyl sites for hydroxylation is 1. The van der Waals surface area contributed by atoms with Crippen LogP contribution >= 0.6 is 0 Å². The van der Waals surface area contributed by atoms with Crippen LogP contribution in [-0.2, 0) is 0 Å². The second-order valence-electron chi connectivity index (χ2n) is 3.15. The van der Waals surface area contributed by atoms with E-state index in [2.05, 4.69) is 4.98 Å². The zero-order valence-electron chi connectivity index (χ0n) is 7.82. The van der Waals surface area contributed by atoms with Crippen LogP contribution in [0.2, 0.25) is 0 Å². The molecule has 4 nitrogen and oxygen atoms in total. The van der Waals surface area contributed by atoms with Crippen LogP contribution in [0.1, 0.15) is 5.56 Å². The summed E-state index contributed by atoms with van der Waals surface area (Å²) in [5, 5.41) is 0. The molecule has 1 aromatic carbocycles. The Bertz CT molecular complexity index is 490. The van der Waals surface area contributed by atoms with Gasteiger partial charge in [-0.25, -0.2) is 4.79 Å². The number of benzene rings is 1. The molecule has 3 N–H and O–H groups in total. The summed E-state index contributed by atoms with van der Waals surface area (Å²) in [5.41, 5.74) is 7.96. The second-order valence-corrected chi connectivity index (χ2v) is 3.15. The van der Waals surface area contributed by atoms with Crippen molar-refractivity contribution in [2.75, 3.05) is 5.73 Å². The third-order valence-corrected chi connectivity index (χ3v) is 2.16. The summed E-state index contributed by atoms with van der Waals surface area (Å²) in [6.45, 7) is 1.92. The molecule has 4 heteroatoms. The number of nitrogen functional groups attached to an aromatic ring is 1. The van der Waals surface area contributed by atoms with Crippen molar-refractivity contribution in [3.8, 4) is 5.69 Å². The second kappa shape index (κ2) is 3.06. The van der Waals surface area contributed by atoms with Crippen molar-refractivity contribution in [3.05, 3.63) is 46.6 Å². The molecular formula is C10H11N3O. The highest BCUT2D eigenvalue weighted by molar-refractivity contribution is 5.61. The largest absolute Gasteiger partial charge is 0.397 e. The van der Waals surface area contributed by atoms with Crippen LogP contribution in [0.25, 0.3) is 5.69 Å². The molecule has 0 fully saturated rings. The maximum absolute atomic E-state index is 11.4. The van der Waals surface area contributed by atoms with Gasteiger partial charge in [-0.05, 0) is 18.6 Å². The number of aromatic nitrogens is 2. The fraction of sp³-hybridized carbons (Fsp3) is 0.100. The number of anilines is 1. The number of aromatic amines is 1. The van der Waals surface area contributed by atoms with Gasteiger partial charge in [0.15, 0.2) is 0 Å². The minimum atomic E-state index is -0.175. The van der Waals surface area contributed by atoms with Crippen LogP contribution in [0.3, 0.4) is 0 Å². The van der Waals surface area contributed by atoms with Gasteiger partial charge in [0.1, 0.15) is 0 Å². The number of rotatable bonds is 1. The first kappa shape index (κ1) is 8.62.